The van der Waals surface area contributed by atoms with Gasteiger partial charge >= 0.3 is 65.3 Å². The van der Waals surface area contributed by atoms with Gasteiger partial charge in [0.25, 0.3) is 0 Å². The van der Waals surface area contributed by atoms with Gasteiger partial charge in [-0.25, -0.2) is 0 Å². The van der Waals surface area contributed by atoms with Crippen molar-refractivity contribution in [2.75, 3.05) is 0 Å². The van der Waals surface area contributed by atoms with E-state index >= 15 is 0 Å². The molecule has 8 heteroatoms. The largest absolute Gasteiger partial charge is 1.00 e. The average molecular weight is 194 g/mol. The maximum Gasteiger partial charge on any atom is 1.00 e. The molecule has 0 N–H and O–H groups in total. The SMILES string of the molecule is O=C([O-])C(F)(F)F.[Cl-].[Na+].[Na+]. The van der Waals surface area contributed by atoms with Gasteiger partial charge in [0, 0.05) is 0 Å². The van der Waals surface area contributed by atoms with Crippen molar-refractivity contribution in [3.8, 4) is 0 Å². The summed E-state index contributed by atoms with van der Waals surface area (Å²) in [6.45, 7) is 0. The topological polar surface area (TPSA) is 40.1 Å². The molecule has 0 rings (SSSR count). The molecule has 0 aromatic heterocycles. The smallest absolute Gasteiger partial charge is 1.00 e. The molecule has 0 amide bonds. The molecule has 0 aliphatic carbocycles. The van der Waals surface area contributed by atoms with Crippen LogP contribution in [-0.4, -0.2) is 12.1 Å². The van der Waals surface area contributed by atoms with Crippen LogP contribution >= 0.6 is 0 Å². The number of aliphatic carboxylic acids is 1. The zero-order chi connectivity index (χ0) is 6.08. The van der Waals surface area contributed by atoms with E-state index in [0.717, 1.165) is 0 Å². The second-order valence-electron chi connectivity index (χ2n) is 0.785. The molecule has 10 heavy (non-hydrogen) atoms. The summed E-state index contributed by atoms with van der Waals surface area (Å²) in [5, 5.41) is 8.78. The van der Waals surface area contributed by atoms with Crippen molar-refractivity contribution in [2.45, 2.75) is 6.18 Å². The van der Waals surface area contributed by atoms with Crippen LogP contribution in [0.25, 0.3) is 0 Å². The van der Waals surface area contributed by atoms with E-state index in [0.29, 0.717) is 0 Å². The molecular formula is C2ClF3Na2O2. The van der Waals surface area contributed by atoms with E-state index in [9.17, 15) is 13.2 Å². The molecule has 0 radical (unpaired) electrons. The molecule has 0 aromatic rings. The monoisotopic (exact) mass is 194 g/mol. The number of carbonyl (C=O) groups excluding carboxylic acids is 1. The van der Waals surface area contributed by atoms with Gasteiger partial charge in [-0.1, -0.05) is 0 Å². The summed E-state index contributed by atoms with van der Waals surface area (Å²) in [6.07, 6.45) is -5.19. The van der Waals surface area contributed by atoms with Crippen LogP contribution in [0.1, 0.15) is 0 Å². The first-order valence-corrected chi connectivity index (χ1v) is 1.23. The summed E-state index contributed by atoms with van der Waals surface area (Å²) >= 11 is 0. The number of carbonyl (C=O) groups is 1. The van der Waals surface area contributed by atoms with Crippen molar-refractivity contribution < 1.29 is 94.6 Å². The predicted molar refractivity (Wildman–Crippen MR) is 11.1 cm³/mol. The normalized spacial score (nSPS) is 7.90. The van der Waals surface area contributed by atoms with Crippen molar-refractivity contribution >= 4 is 5.97 Å². The molecule has 0 bridgehead atoms. The van der Waals surface area contributed by atoms with Crippen LogP contribution in [0.3, 0.4) is 0 Å². The minimum absolute atomic E-state index is 0. The number of halogens is 4. The molecule has 0 aromatic carbocycles. The van der Waals surface area contributed by atoms with Gasteiger partial charge in [0.2, 0.25) is 0 Å². The van der Waals surface area contributed by atoms with Crippen LogP contribution in [0.15, 0.2) is 0 Å². The number of hydrogen-bond donors (Lipinski definition) is 0. The fraction of sp³-hybridized carbons (Fsp3) is 0.500. The zero-order valence-electron chi connectivity index (χ0n) is 5.33. The Kier molecular flexibility index (Phi) is 19.5. The number of carboxylic acid groups (broad SMARTS) is 1. The third-order valence-corrected chi connectivity index (χ3v) is 0.231. The summed E-state index contributed by atoms with van der Waals surface area (Å²) in [5.41, 5.74) is 0. The minimum Gasteiger partial charge on any atom is -1.00 e. The summed E-state index contributed by atoms with van der Waals surface area (Å²) < 4.78 is 31.5. The Hall–Kier alpha value is 1.55. The van der Waals surface area contributed by atoms with E-state index in [1.54, 1.807) is 0 Å². The van der Waals surface area contributed by atoms with Crippen LogP contribution < -0.4 is 76.6 Å². The molecule has 0 atom stereocenters. The molecule has 0 aliphatic rings. The molecule has 0 aliphatic heterocycles. The number of rotatable bonds is 0. The Morgan fingerprint density at radius 1 is 1.20 bits per heavy atom. The van der Waals surface area contributed by atoms with E-state index in [2.05, 4.69) is 0 Å². The van der Waals surface area contributed by atoms with Crippen LogP contribution in [0.5, 0.6) is 0 Å². The quantitative estimate of drug-likeness (QED) is 0.359. The molecule has 2 nitrogen and oxygen atoms in total. The maximum atomic E-state index is 10.5. The Morgan fingerprint density at radius 2 is 1.30 bits per heavy atom. The maximum absolute atomic E-state index is 10.5. The first-order chi connectivity index (χ1) is 2.94. The van der Waals surface area contributed by atoms with Crippen molar-refractivity contribution in [1.29, 1.82) is 0 Å². The summed E-state index contributed by atoms with van der Waals surface area (Å²) in [7, 11) is 0. The molecule has 0 heterocycles. The van der Waals surface area contributed by atoms with Crippen LogP contribution in [0, 0.1) is 0 Å². The second kappa shape index (κ2) is 8.64. The Labute approximate surface area is 106 Å². The number of hydrogen-bond acceptors (Lipinski definition) is 2. The first-order valence-electron chi connectivity index (χ1n) is 1.23. The summed E-state index contributed by atoms with van der Waals surface area (Å²) in [5.74, 6) is -3.01. The van der Waals surface area contributed by atoms with Crippen LogP contribution in [-0.2, 0) is 4.79 Å². The summed E-state index contributed by atoms with van der Waals surface area (Å²) in [4.78, 5) is 8.78. The zero-order valence-corrected chi connectivity index (χ0v) is 10.1. The van der Waals surface area contributed by atoms with E-state index in [-0.39, 0.29) is 71.5 Å². The Morgan fingerprint density at radius 3 is 1.30 bits per heavy atom. The third kappa shape index (κ3) is 12.2. The molecule has 0 spiro atoms. The average Bonchev–Trinajstić information content (AvgIpc) is 1.31. The van der Waals surface area contributed by atoms with Gasteiger partial charge in [-0.05, 0) is 0 Å². The first kappa shape index (κ1) is 22.6. The minimum atomic E-state index is -5.19. The van der Waals surface area contributed by atoms with Gasteiger partial charge in [0.15, 0.2) is 0 Å². The third-order valence-electron chi connectivity index (χ3n) is 0.231. The van der Waals surface area contributed by atoms with E-state index < -0.39 is 12.1 Å². The molecule has 0 fully saturated rings. The fourth-order valence-corrected chi connectivity index (χ4v) is 0. The van der Waals surface area contributed by atoms with Crippen molar-refractivity contribution in [2.24, 2.45) is 0 Å². The fourth-order valence-electron chi connectivity index (χ4n) is 0. The van der Waals surface area contributed by atoms with Gasteiger partial charge in [-0.15, -0.1) is 0 Å². The second-order valence-corrected chi connectivity index (χ2v) is 0.785. The van der Waals surface area contributed by atoms with Gasteiger partial charge in [0.1, 0.15) is 5.97 Å². The number of alkyl halides is 3. The summed E-state index contributed by atoms with van der Waals surface area (Å²) in [6, 6.07) is 0. The van der Waals surface area contributed by atoms with Gasteiger partial charge in [-0.2, -0.15) is 13.2 Å². The molecule has 0 unspecified atom stereocenters. The standard InChI is InChI=1S/C2HF3O2.ClH.2Na/c3-2(4,5)1(6)7;;;/h(H,6,7);1H;;/q;;2*+1/p-2. The van der Waals surface area contributed by atoms with E-state index in [1.807, 2.05) is 0 Å². The Bertz CT molecular complexity index is 95.0. The molecule has 0 saturated heterocycles. The Balaban J connectivity index is -0.0000000600. The van der Waals surface area contributed by atoms with Crippen molar-refractivity contribution in [3.63, 3.8) is 0 Å². The molecule has 0 saturated carbocycles. The van der Waals surface area contributed by atoms with Crippen molar-refractivity contribution in [1.82, 2.24) is 0 Å². The van der Waals surface area contributed by atoms with Crippen molar-refractivity contribution in [3.05, 3.63) is 0 Å². The van der Waals surface area contributed by atoms with Crippen LogP contribution in [0.4, 0.5) is 13.2 Å². The van der Waals surface area contributed by atoms with Gasteiger partial charge in [0.05, 0.1) is 0 Å². The molecular weight excluding hydrogens is 194 g/mol. The van der Waals surface area contributed by atoms with E-state index in [4.69, 9.17) is 9.90 Å². The van der Waals surface area contributed by atoms with Gasteiger partial charge < -0.3 is 22.3 Å². The predicted octanol–water partition coefficient (Wildman–Crippen LogP) is -9.69. The van der Waals surface area contributed by atoms with Crippen LogP contribution in [0.2, 0.25) is 0 Å². The van der Waals surface area contributed by atoms with Gasteiger partial charge in [-0.3, -0.25) is 0 Å². The number of carboxylic acids is 1. The van der Waals surface area contributed by atoms with E-state index in [1.165, 1.54) is 0 Å². The molecule has 50 valence electrons.